The Labute approximate surface area is 119 Å². The molecule has 108 valence electrons. The monoisotopic (exact) mass is 274 g/mol. The van der Waals surface area contributed by atoms with E-state index >= 15 is 0 Å². The van der Waals surface area contributed by atoms with Crippen LogP contribution in [0.1, 0.15) is 29.7 Å². The topological polar surface area (TPSA) is 67.2 Å². The first kappa shape index (κ1) is 13.5. The molecule has 2 unspecified atom stereocenters. The maximum Gasteiger partial charge on any atom is 0.122 e. The second kappa shape index (κ2) is 5.12. The van der Waals surface area contributed by atoms with Crippen molar-refractivity contribution in [2.75, 3.05) is 25.4 Å². The first-order chi connectivity index (χ1) is 9.61. The van der Waals surface area contributed by atoms with Gasteiger partial charge in [0.15, 0.2) is 0 Å². The van der Waals surface area contributed by atoms with Crippen molar-refractivity contribution < 1.29 is 4.74 Å². The summed E-state index contributed by atoms with van der Waals surface area (Å²) in [6, 6.07) is 2.82. The number of nitrogens with two attached hydrogens (primary N) is 1. The molecule has 3 heterocycles. The number of morpholine rings is 1. The molecule has 0 aliphatic carbocycles. The van der Waals surface area contributed by atoms with Crippen LogP contribution in [0, 0.1) is 25.2 Å². The van der Waals surface area contributed by atoms with Gasteiger partial charge in [0.2, 0.25) is 0 Å². The molecule has 5 nitrogen and oxygen atoms in total. The van der Waals surface area contributed by atoms with Gasteiger partial charge in [-0.05, 0) is 38.8 Å². The standard InChI is InChI=1S/C15H22N4O/c1-10-11(2)19(15(17)14(10)6-16)8-13-7-18-5-3-4-12(18)9-20-13/h12-13H,3-5,7-9,17H2,1-2H3. The van der Waals surface area contributed by atoms with Crippen LogP contribution in [0.4, 0.5) is 5.82 Å². The summed E-state index contributed by atoms with van der Waals surface area (Å²) >= 11 is 0. The maximum atomic E-state index is 9.18. The highest BCUT2D eigenvalue weighted by Gasteiger charge is 2.32. The van der Waals surface area contributed by atoms with Gasteiger partial charge in [-0.15, -0.1) is 0 Å². The van der Waals surface area contributed by atoms with Crippen molar-refractivity contribution in [2.45, 2.75) is 45.4 Å². The van der Waals surface area contributed by atoms with E-state index in [1.54, 1.807) is 0 Å². The lowest BCUT2D eigenvalue weighted by molar-refractivity contribution is -0.0550. The van der Waals surface area contributed by atoms with Gasteiger partial charge >= 0.3 is 0 Å². The van der Waals surface area contributed by atoms with Gasteiger partial charge in [0, 0.05) is 18.3 Å². The predicted molar refractivity (Wildman–Crippen MR) is 77.4 cm³/mol. The third kappa shape index (κ3) is 2.09. The van der Waals surface area contributed by atoms with Gasteiger partial charge in [-0.1, -0.05) is 0 Å². The smallest absolute Gasteiger partial charge is 0.122 e. The fraction of sp³-hybridized carbons (Fsp3) is 0.667. The van der Waals surface area contributed by atoms with E-state index in [4.69, 9.17) is 10.5 Å². The van der Waals surface area contributed by atoms with Crippen molar-refractivity contribution >= 4 is 5.82 Å². The average molecular weight is 274 g/mol. The third-order valence-electron chi connectivity index (χ3n) is 4.83. The van der Waals surface area contributed by atoms with Crippen LogP contribution in [0.15, 0.2) is 0 Å². The molecule has 2 N–H and O–H groups in total. The Bertz CT molecular complexity index is 557. The van der Waals surface area contributed by atoms with E-state index in [-0.39, 0.29) is 6.10 Å². The molecule has 0 radical (unpaired) electrons. The Morgan fingerprint density at radius 2 is 2.25 bits per heavy atom. The second-order valence-corrected chi connectivity index (χ2v) is 5.94. The summed E-state index contributed by atoms with van der Waals surface area (Å²) in [5, 5.41) is 9.18. The lowest BCUT2D eigenvalue weighted by Gasteiger charge is -2.35. The lowest BCUT2D eigenvalue weighted by Crippen LogP contribution is -2.47. The average Bonchev–Trinajstić information content (AvgIpc) is 2.98. The Balaban J connectivity index is 1.77. The van der Waals surface area contributed by atoms with E-state index < -0.39 is 0 Å². The van der Waals surface area contributed by atoms with Crippen LogP contribution in [-0.4, -0.2) is 41.3 Å². The number of rotatable bonds is 2. The summed E-state index contributed by atoms with van der Waals surface area (Å²) in [5.74, 6) is 0.578. The third-order valence-corrected chi connectivity index (χ3v) is 4.83. The molecule has 5 heteroatoms. The van der Waals surface area contributed by atoms with Gasteiger partial charge in [-0.2, -0.15) is 5.26 Å². The van der Waals surface area contributed by atoms with Crippen LogP contribution in [-0.2, 0) is 11.3 Å². The molecule has 2 aliphatic heterocycles. The van der Waals surface area contributed by atoms with Crippen molar-refractivity contribution in [2.24, 2.45) is 0 Å². The maximum absolute atomic E-state index is 9.18. The molecular formula is C15H22N4O. The number of anilines is 1. The first-order valence-electron chi connectivity index (χ1n) is 7.32. The van der Waals surface area contributed by atoms with E-state index in [1.807, 2.05) is 18.4 Å². The van der Waals surface area contributed by atoms with E-state index in [1.165, 1.54) is 19.4 Å². The molecule has 0 bridgehead atoms. The number of nitriles is 1. The minimum atomic E-state index is 0.170. The molecule has 2 atom stereocenters. The summed E-state index contributed by atoms with van der Waals surface area (Å²) in [7, 11) is 0. The predicted octanol–water partition coefficient (Wildman–Crippen LogP) is 1.42. The number of aromatic nitrogens is 1. The van der Waals surface area contributed by atoms with E-state index in [9.17, 15) is 5.26 Å². The molecule has 0 amide bonds. The van der Waals surface area contributed by atoms with Crippen molar-refractivity contribution in [3.05, 3.63) is 16.8 Å². The number of nitrogens with zero attached hydrogens (tertiary/aromatic N) is 3. The van der Waals surface area contributed by atoms with Gasteiger partial charge < -0.3 is 15.0 Å². The second-order valence-electron chi connectivity index (χ2n) is 5.94. The molecule has 0 aromatic carbocycles. The zero-order valence-electron chi connectivity index (χ0n) is 12.2. The number of hydrogen-bond donors (Lipinski definition) is 1. The highest BCUT2D eigenvalue weighted by Crippen LogP contribution is 2.27. The number of ether oxygens (including phenoxy) is 1. The Morgan fingerprint density at radius 3 is 2.95 bits per heavy atom. The van der Waals surface area contributed by atoms with Crippen LogP contribution >= 0.6 is 0 Å². The van der Waals surface area contributed by atoms with E-state index in [0.29, 0.717) is 17.4 Å². The summed E-state index contributed by atoms with van der Waals surface area (Å²) in [6.45, 7) is 7.71. The van der Waals surface area contributed by atoms with Gasteiger partial charge in [0.1, 0.15) is 11.9 Å². The van der Waals surface area contributed by atoms with Crippen molar-refractivity contribution in [1.82, 2.24) is 9.47 Å². The Kier molecular flexibility index (Phi) is 3.45. The van der Waals surface area contributed by atoms with Crippen LogP contribution in [0.5, 0.6) is 0 Å². The van der Waals surface area contributed by atoms with Crippen LogP contribution in [0.25, 0.3) is 0 Å². The molecular weight excluding hydrogens is 252 g/mol. The van der Waals surface area contributed by atoms with Gasteiger partial charge in [-0.25, -0.2) is 0 Å². The van der Waals surface area contributed by atoms with Gasteiger partial charge in [0.25, 0.3) is 0 Å². The van der Waals surface area contributed by atoms with Gasteiger partial charge in [-0.3, -0.25) is 4.90 Å². The quantitative estimate of drug-likeness (QED) is 0.885. The van der Waals surface area contributed by atoms with Crippen molar-refractivity contribution in [1.29, 1.82) is 5.26 Å². The lowest BCUT2D eigenvalue weighted by atomic mass is 10.2. The molecule has 0 saturated carbocycles. The molecule has 20 heavy (non-hydrogen) atoms. The van der Waals surface area contributed by atoms with E-state index in [2.05, 4.69) is 11.0 Å². The zero-order chi connectivity index (χ0) is 14.3. The summed E-state index contributed by atoms with van der Waals surface area (Å²) in [6.07, 6.45) is 2.71. The number of fused-ring (bicyclic) bond motifs is 1. The minimum Gasteiger partial charge on any atom is -0.384 e. The summed E-state index contributed by atoms with van der Waals surface area (Å²) in [5.41, 5.74) is 8.78. The largest absolute Gasteiger partial charge is 0.384 e. The first-order valence-corrected chi connectivity index (χ1v) is 7.32. The fourth-order valence-electron chi connectivity index (χ4n) is 3.47. The Hall–Kier alpha value is -1.51. The highest BCUT2D eigenvalue weighted by molar-refractivity contribution is 5.57. The molecule has 1 aromatic heterocycles. The number of nitrogen functional groups attached to an aromatic ring is 1. The molecule has 1 aromatic rings. The van der Waals surface area contributed by atoms with Gasteiger partial charge in [0.05, 0.1) is 24.8 Å². The molecule has 2 fully saturated rings. The summed E-state index contributed by atoms with van der Waals surface area (Å²) < 4.78 is 8.02. The SMILES string of the molecule is Cc1c(C#N)c(N)n(CC2CN3CCCC3CO2)c1C. The van der Waals surface area contributed by atoms with Crippen LogP contribution < -0.4 is 5.73 Å². The molecule has 0 spiro atoms. The minimum absolute atomic E-state index is 0.170. The van der Waals surface area contributed by atoms with Crippen molar-refractivity contribution in [3.63, 3.8) is 0 Å². The molecule has 2 saturated heterocycles. The summed E-state index contributed by atoms with van der Waals surface area (Å²) in [4.78, 5) is 2.53. The zero-order valence-corrected chi connectivity index (χ0v) is 12.2. The fourth-order valence-corrected chi connectivity index (χ4v) is 3.47. The molecule has 3 rings (SSSR count). The van der Waals surface area contributed by atoms with Crippen molar-refractivity contribution in [3.8, 4) is 6.07 Å². The Morgan fingerprint density at radius 1 is 1.45 bits per heavy atom. The van der Waals surface area contributed by atoms with Crippen LogP contribution in [0.3, 0.4) is 0 Å². The normalized spacial score (nSPS) is 26.4. The van der Waals surface area contributed by atoms with Crippen LogP contribution in [0.2, 0.25) is 0 Å². The van der Waals surface area contributed by atoms with E-state index in [0.717, 1.165) is 31.0 Å². The highest BCUT2D eigenvalue weighted by atomic mass is 16.5. The number of hydrogen-bond acceptors (Lipinski definition) is 4. The molecule has 2 aliphatic rings.